The summed E-state index contributed by atoms with van der Waals surface area (Å²) in [7, 11) is 1.15. The topological polar surface area (TPSA) is 102 Å². The number of carbonyl (C=O) groups excluding carboxylic acids is 2. The van der Waals surface area contributed by atoms with Crippen LogP contribution in [0.4, 0.5) is 4.79 Å². The number of ether oxygens (including phenoxy) is 1. The molecular formula is C5H10N2O4. The van der Waals surface area contributed by atoms with Crippen molar-refractivity contribution >= 4 is 12.0 Å². The van der Waals surface area contributed by atoms with Gasteiger partial charge in [0.15, 0.2) is 6.04 Å². The van der Waals surface area contributed by atoms with Crippen LogP contribution in [0, 0.1) is 0 Å². The van der Waals surface area contributed by atoms with E-state index >= 15 is 0 Å². The van der Waals surface area contributed by atoms with Crippen LogP contribution in [0.25, 0.3) is 0 Å². The highest BCUT2D eigenvalue weighted by molar-refractivity contribution is 5.82. The normalized spacial score (nSPS) is 11.8. The third-order valence-corrected chi connectivity index (χ3v) is 0.985. The van der Waals surface area contributed by atoms with E-state index in [9.17, 15) is 9.59 Å². The monoisotopic (exact) mass is 162 g/mol. The van der Waals surface area contributed by atoms with E-state index in [-0.39, 0.29) is 0 Å². The molecule has 2 amide bonds. The highest BCUT2D eigenvalue weighted by Crippen LogP contribution is 1.84. The average Bonchev–Trinajstić information content (AvgIpc) is 1.98. The zero-order chi connectivity index (χ0) is 8.85. The Bertz CT molecular complexity index is 159. The van der Waals surface area contributed by atoms with E-state index in [2.05, 4.69) is 4.74 Å². The van der Waals surface area contributed by atoms with Gasteiger partial charge in [-0.3, -0.25) is 0 Å². The second-order valence-corrected chi connectivity index (χ2v) is 1.77. The summed E-state index contributed by atoms with van der Waals surface area (Å²) < 4.78 is 4.23. The minimum Gasteiger partial charge on any atom is -0.467 e. The number of urea groups is 1. The lowest BCUT2D eigenvalue weighted by molar-refractivity contribution is -0.143. The van der Waals surface area contributed by atoms with E-state index in [4.69, 9.17) is 10.8 Å². The van der Waals surface area contributed by atoms with Gasteiger partial charge in [-0.05, 0) is 0 Å². The number of aliphatic hydroxyl groups excluding tert-OH is 1. The largest absolute Gasteiger partial charge is 0.467 e. The maximum Gasteiger partial charge on any atom is 0.330 e. The van der Waals surface area contributed by atoms with Gasteiger partial charge in [0.25, 0.3) is 0 Å². The van der Waals surface area contributed by atoms with Crippen LogP contribution in [-0.4, -0.2) is 36.9 Å². The van der Waals surface area contributed by atoms with Crippen molar-refractivity contribution in [3.8, 4) is 0 Å². The van der Waals surface area contributed by atoms with E-state index in [0.29, 0.717) is 0 Å². The Kier molecular flexibility index (Phi) is 3.97. The van der Waals surface area contributed by atoms with Crippen molar-refractivity contribution < 1.29 is 19.4 Å². The first-order chi connectivity index (χ1) is 5.11. The fourth-order valence-corrected chi connectivity index (χ4v) is 0.493. The first-order valence-electron chi connectivity index (χ1n) is 2.86. The SMILES string of the molecule is COC(=O)C(CO)NC(N)=O. The summed E-state index contributed by atoms with van der Waals surface area (Å²) in [6, 6.07) is -1.95. The maximum atomic E-state index is 10.6. The number of nitrogens with one attached hydrogen (secondary N) is 1. The summed E-state index contributed by atoms with van der Waals surface area (Å²) in [4.78, 5) is 20.8. The molecule has 0 radical (unpaired) electrons. The summed E-state index contributed by atoms with van der Waals surface area (Å²) in [5, 5.41) is 10.5. The average molecular weight is 162 g/mol. The van der Waals surface area contributed by atoms with Crippen LogP contribution in [0.2, 0.25) is 0 Å². The number of esters is 1. The zero-order valence-electron chi connectivity index (χ0n) is 6.03. The summed E-state index contributed by atoms with van der Waals surface area (Å²) in [5.41, 5.74) is 4.69. The molecule has 0 aliphatic carbocycles. The highest BCUT2D eigenvalue weighted by atomic mass is 16.5. The molecule has 0 aromatic heterocycles. The van der Waals surface area contributed by atoms with E-state index < -0.39 is 24.6 Å². The van der Waals surface area contributed by atoms with Gasteiger partial charge in [-0.2, -0.15) is 0 Å². The standard InChI is InChI=1S/C5H10N2O4/c1-11-4(9)3(2-8)7-5(6)10/h3,8H,2H2,1H3,(H3,6,7,10). The van der Waals surface area contributed by atoms with Crippen molar-refractivity contribution in [2.45, 2.75) is 6.04 Å². The molecule has 0 bridgehead atoms. The number of amides is 2. The van der Waals surface area contributed by atoms with Crippen molar-refractivity contribution in [3.05, 3.63) is 0 Å². The lowest BCUT2D eigenvalue weighted by Gasteiger charge is -2.10. The lowest BCUT2D eigenvalue weighted by atomic mass is 10.3. The Hall–Kier alpha value is -1.30. The third-order valence-electron chi connectivity index (χ3n) is 0.985. The van der Waals surface area contributed by atoms with Crippen LogP contribution >= 0.6 is 0 Å². The van der Waals surface area contributed by atoms with Gasteiger partial charge in [-0.1, -0.05) is 0 Å². The molecule has 0 aromatic carbocycles. The first kappa shape index (κ1) is 9.70. The van der Waals surface area contributed by atoms with E-state index in [1.165, 1.54) is 0 Å². The van der Waals surface area contributed by atoms with Crippen LogP contribution in [0.15, 0.2) is 0 Å². The van der Waals surface area contributed by atoms with Crippen LogP contribution in [0.3, 0.4) is 0 Å². The Morgan fingerprint density at radius 2 is 2.27 bits per heavy atom. The highest BCUT2D eigenvalue weighted by Gasteiger charge is 2.18. The first-order valence-corrected chi connectivity index (χ1v) is 2.86. The van der Waals surface area contributed by atoms with Gasteiger partial charge in [-0.15, -0.1) is 0 Å². The Morgan fingerprint density at radius 1 is 1.73 bits per heavy atom. The van der Waals surface area contributed by atoms with E-state index in [0.717, 1.165) is 7.11 Å². The zero-order valence-corrected chi connectivity index (χ0v) is 6.03. The molecule has 0 saturated carbocycles. The molecule has 0 aliphatic rings. The fourth-order valence-electron chi connectivity index (χ4n) is 0.493. The van der Waals surface area contributed by atoms with E-state index in [1.54, 1.807) is 0 Å². The molecule has 6 nitrogen and oxygen atoms in total. The van der Waals surface area contributed by atoms with Gasteiger partial charge < -0.3 is 20.9 Å². The Labute approximate surface area is 63.3 Å². The summed E-state index contributed by atoms with van der Waals surface area (Å²) in [6.45, 7) is -0.532. The molecule has 0 rings (SSSR count). The minimum atomic E-state index is -1.07. The van der Waals surface area contributed by atoms with Crippen molar-refractivity contribution in [2.24, 2.45) is 5.73 Å². The second kappa shape index (κ2) is 4.51. The van der Waals surface area contributed by atoms with Gasteiger partial charge in [-0.25, -0.2) is 9.59 Å². The molecule has 6 heteroatoms. The van der Waals surface area contributed by atoms with Gasteiger partial charge >= 0.3 is 12.0 Å². The number of hydrogen-bond acceptors (Lipinski definition) is 4. The van der Waals surface area contributed by atoms with Crippen LogP contribution in [-0.2, 0) is 9.53 Å². The third kappa shape index (κ3) is 3.41. The molecule has 0 saturated heterocycles. The molecule has 64 valence electrons. The minimum absolute atomic E-state index is 0.532. The lowest BCUT2D eigenvalue weighted by Crippen LogP contribution is -2.46. The number of nitrogens with two attached hydrogens (primary N) is 1. The quantitative estimate of drug-likeness (QED) is 0.425. The molecule has 4 N–H and O–H groups in total. The van der Waals surface area contributed by atoms with Crippen molar-refractivity contribution in [3.63, 3.8) is 0 Å². The van der Waals surface area contributed by atoms with E-state index in [1.807, 2.05) is 5.32 Å². The smallest absolute Gasteiger partial charge is 0.330 e. The predicted octanol–water partition coefficient (Wildman–Crippen LogP) is -1.81. The van der Waals surface area contributed by atoms with Crippen molar-refractivity contribution in [1.82, 2.24) is 5.32 Å². The number of hydrogen-bond donors (Lipinski definition) is 3. The molecule has 1 atom stereocenters. The Morgan fingerprint density at radius 3 is 2.55 bits per heavy atom. The number of aliphatic hydroxyl groups is 1. The molecule has 0 spiro atoms. The van der Waals surface area contributed by atoms with Crippen molar-refractivity contribution in [2.75, 3.05) is 13.7 Å². The summed E-state index contributed by atoms with van der Waals surface area (Å²) in [5.74, 6) is -0.730. The molecule has 0 heterocycles. The molecular weight excluding hydrogens is 152 g/mol. The van der Waals surface area contributed by atoms with Gasteiger partial charge in [0.2, 0.25) is 0 Å². The van der Waals surface area contributed by atoms with Crippen LogP contribution in [0.1, 0.15) is 0 Å². The number of methoxy groups -OCH3 is 1. The van der Waals surface area contributed by atoms with Gasteiger partial charge in [0, 0.05) is 0 Å². The molecule has 11 heavy (non-hydrogen) atoms. The maximum absolute atomic E-state index is 10.6. The van der Waals surface area contributed by atoms with Crippen molar-refractivity contribution in [1.29, 1.82) is 0 Å². The summed E-state index contributed by atoms with van der Waals surface area (Å²) in [6.07, 6.45) is 0. The number of rotatable bonds is 3. The molecule has 0 aliphatic heterocycles. The fraction of sp³-hybridized carbons (Fsp3) is 0.600. The molecule has 0 fully saturated rings. The number of carbonyl (C=O) groups is 2. The van der Waals surface area contributed by atoms with Gasteiger partial charge in [0.1, 0.15) is 0 Å². The second-order valence-electron chi connectivity index (χ2n) is 1.77. The molecule has 0 aromatic rings. The van der Waals surface area contributed by atoms with Gasteiger partial charge in [0.05, 0.1) is 13.7 Å². The van der Waals surface area contributed by atoms with Crippen LogP contribution < -0.4 is 11.1 Å². The summed E-state index contributed by atoms with van der Waals surface area (Å²) >= 11 is 0. The molecule has 1 unspecified atom stereocenters. The predicted molar refractivity (Wildman–Crippen MR) is 35.6 cm³/mol. The van der Waals surface area contributed by atoms with Crippen LogP contribution in [0.5, 0.6) is 0 Å². The Balaban J connectivity index is 3.94. The number of primary amides is 1.